The summed E-state index contributed by atoms with van der Waals surface area (Å²) in [5.41, 5.74) is 5.81. The molecule has 1 nitrogen and oxygen atoms in total. The van der Waals surface area contributed by atoms with Crippen LogP contribution >= 0.6 is 12.6 Å². The lowest BCUT2D eigenvalue weighted by atomic mass is 9.81. The van der Waals surface area contributed by atoms with Gasteiger partial charge in [-0.05, 0) is 41.9 Å². The van der Waals surface area contributed by atoms with Crippen LogP contribution in [0.5, 0.6) is 0 Å². The van der Waals surface area contributed by atoms with E-state index in [9.17, 15) is 0 Å². The summed E-state index contributed by atoms with van der Waals surface area (Å²) in [6.45, 7) is 2.29. The van der Waals surface area contributed by atoms with Crippen molar-refractivity contribution in [2.45, 2.75) is 32.2 Å². The third kappa shape index (κ3) is 2.17. The van der Waals surface area contributed by atoms with Gasteiger partial charge in [-0.25, -0.2) is 0 Å². The molecule has 108 valence electrons. The Morgan fingerprint density at radius 3 is 2.81 bits per heavy atom. The average Bonchev–Trinajstić information content (AvgIpc) is 2.87. The summed E-state index contributed by atoms with van der Waals surface area (Å²) in [5.74, 6) is 1.10. The van der Waals surface area contributed by atoms with Gasteiger partial charge >= 0.3 is 0 Å². The average molecular weight is 295 g/mol. The highest BCUT2D eigenvalue weighted by atomic mass is 32.1. The summed E-state index contributed by atoms with van der Waals surface area (Å²) in [4.78, 5) is 1.23. The van der Waals surface area contributed by atoms with E-state index in [1.165, 1.54) is 27.3 Å². The van der Waals surface area contributed by atoms with Gasteiger partial charge in [0, 0.05) is 16.5 Å². The molecule has 0 fully saturated rings. The maximum Gasteiger partial charge on any atom is 0.0549 e. The third-order valence-electron chi connectivity index (χ3n) is 4.97. The monoisotopic (exact) mass is 295 g/mol. The first-order chi connectivity index (χ1) is 10.2. The van der Waals surface area contributed by atoms with Crippen LogP contribution in [0.1, 0.15) is 26.2 Å². The molecule has 0 saturated carbocycles. The Bertz CT molecular complexity index is 657. The summed E-state index contributed by atoms with van der Waals surface area (Å²) in [6, 6.07) is 0.431. The second-order valence-corrected chi connectivity index (χ2v) is 6.89. The molecule has 0 saturated heterocycles. The van der Waals surface area contributed by atoms with Crippen LogP contribution in [0.4, 0.5) is 0 Å². The number of fused-ring (bicyclic) bond motifs is 2. The number of allylic oxidation sites excluding steroid dienone is 9. The van der Waals surface area contributed by atoms with Crippen molar-refractivity contribution in [1.29, 1.82) is 0 Å². The van der Waals surface area contributed by atoms with E-state index < -0.39 is 0 Å². The van der Waals surface area contributed by atoms with Gasteiger partial charge in [0.15, 0.2) is 0 Å². The van der Waals surface area contributed by atoms with Crippen molar-refractivity contribution in [2.75, 3.05) is 0 Å². The van der Waals surface area contributed by atoms with Gasteiger partial charge < -0.3 is 5.32 Å². The first-order valence-corrected chi connectivity index (χ1v) is 8.33. The minimum Gasteiger partial charge on any atom is -0.381 e. The number of thiol groups is 1. The van der Waals surface area contributed by atoms with Gasteiger partial charge in [-0.1, -0.05) is 49.5 Å². The summed E-state index contributed by atoms with van der Waals surface area (Å²) in [5, 5.41) is 3.68. The zero-order valence-corrected chi connectivity index (χ0v) is 13.2. The third-order valence-corrected chi connectivity index (χ3v) is 5.48. The van der Waals surface area contributed by atoms with Crippen molar-refractivity contribution in [3.8, 4) is 0 Å². The topological polar surface area (TPSA) is 12.0 Å². The van der Waals surface area contributed by atoms with Crippen molar-refractivity contribution in [3.63, 3.8) is 0 Å². The minimum absolute atomic E-state index is 0.431. The van der Waals surface area contributed by atoms with E-state index in [1.54, 1.807) is 0 Å². The molecule has 1 aliphatic heterocycles. The van der Waals surface area contributed by atoms with Gasteiger partial charge in [-0.2, -0.15) is 0 Å². The van der Waals surface area contributed by atoms with E-state index in [4.69, 9.17) is 12.6 Å². The summed E-state index contributed by atoms with van der Waals surface area (Å²) >= 11 is 4.95. The smallest absolute Gasteiger partial charge is 0.0549 e. The number of hydrogen-bond donors (Lipinski definition) is 2. The summed E-state index contributed by atoms with van der Waals surface area (Å²) in [6.07, 6.45) is 19.1. The van der Waals surface area contributed by atoms with Gasteiger partial charge in [0.25, 0.3) is 0 Å². The van der Waals surface area contributed by atoms with Crippen LogP contribution in [-0.4, -0.2) is 6.04 Å². The van der Waals surface area contributed by atoms with E-state index in [1.807, 2.05) is 0 Å². The molecule has 0 amide bonds. The van der Waals surface area contributed by atoms with Crippen molar-refractivity contribution in [2.24, 2.45) is 11.8 Å². The van der Waals surface area contributed by atoms with E-state index in [-0.39, 0.29) is 0 Å². The highest BCUT2D eigenvalue weighted by Crippen LogP contribution is 2.45. The van der Waals surface area contributed by atoms with Crippen LogP contribution in [-0.2, 0) is 0 Å². The van der Waals surface area contributed by atoms with Crippen LogP contribution in [0, 0.1) is 11.8 Å². The minimum atomic E-state index is 0.431. The summed E-state index contributed by atoms with van der Waals surface area (Å²) in [7, 11) is 0. The largest absolute Gasteiger partial charge is 0.381 e. The molecule has 3 aliphatic carbocycles. The molecule has 21 heavy (non-hydrogen) atoms. The Balaban J connectivity index is 1.73. The second-order valence-electron chi connectivity index (χ2n) is 6.44. The lowest BCUT2D eigenvalue weighted by molar-refractivity contribution is 0.623. The number of nitrogens with one attached hydrogen (secondary N) is 1. The van der Waals surface area contributed by atoms with Crippen LogP contribution in [0.2, 0.25) is 0 Å². The predicted molar refractivity (Wildman–Crippen MR) is 92.0 cm³/mol. The highest BCUT2D eigenvalue weighted by molar-refractivity contribution is 7.84. The van der Waals surface area contributed by atoms with Crippen LogP contribution < -0.4 is 5.32 Å². The predicted octanol–water partition coefficient (Wildman–Crippen LogP) is 4.45. The molecule has 0 bridgehead atoms. The van der Waals surface area contributed by atoms with Gasteiger partial charge in [-0.3, -0.25) is 0 Å². The Morgan fingerprint density at radius 2 is 1.95 bits per heavy atom. The van der Waals surface area contributed by atoms with Crippen molar-refractivity contribution >= 4 is 12.6 Å². The van der Waals surface area contributed by atoms with Crippen molar-refractivity contribution in [1.82, 2.24) is 5.32 Å². The number of rotatable bonds is 1. The van der Waals surface area contributed by atoms with Crippen molar-refractivity contribution < 1.29 is 0 Å². The molecule has 0 aromatic heterocycles. The fourth-order valence-electron chi connectivity index (χ4n) is 3.92. The first kappa shape index (κ1) is 13.3. The molecule has 0 aromatic rings. The molecule has 1 heterocycles. The fourth-order valence-corrected chi connectivity index (χ4v) is 4.46. The molecule has 4 rings (SSSR count). The molecule has 3 atom stereocenters. The zero-order chi connectivity index (χ0) is 14.4. The van der Waals surface area contributed by atoms with E-state index in [2.05, 4.69) is 54.8 Å². The van der Waals surface area contributed by atoms with Crippen molar-refractivity contribution in [3.05, 3.63) is 69.9 Å². The van der Waals surface area contributed by atoms with Gasteiger partial charge in [0.05, 0.1) is 6.04 Å². The zero-order valence-electron chi connectivity index (χ0n) is 12.3. The second kappa shape index (κ2) is 5.10. The number of hydrogen-bond acceptors (Lipinski definition) is 2. The molecule has 4 aliphatic rings. The van der Waals surface area contributed by atoms with Gasteiger partial charge in [0.1, 0.15) is 0 Å². The maximum atomic E-state index is 4.95. The standard InChI is InChI=1S/C19H21NS/c1-12-5-4-6-13(11-12)14-9-10-17-18(19(14)21)15-7-2-3-8-16(15)20-17/h2-8,12,15-16,20-21H,9-11H2,1H3. The Labute approximate surface area is 132 Å². The Hall–Kier alpha value is -1.41. The summed E-state index contributed by atoms with van der Waals surface area (Å²) < 4.78 is 0. The van der Waals surface area contributed by atoms with Gasteiger partial charge in [0.2, 0.25) is 0 Å². The van der Waals surface area contributed by atoms with Crippen LogP contribution in [0.25, 0.3) is 0 Å². The molecule has 0 radical (unpaired) electrons. The first-order valence-electron chi connectivity index (χ1n) is 7.89. The molecule has 1 N–H and O–H groups in total. The SMILES string of the molecule is CC1C=CC=C(C2=C(S)C3=C(CC2)NC2C=CC=CC32)C1. The van der Waals surface area contributed by atoms with Gasteiger partial charge in [-0.15, -0.1) is 12.6 Å². The fraction of sp³-hybridized carbons (Fsp3) is 0.368. The Kier molecular flexibility index (Phi) is 3.22. The van der Waals surface area contributed by atoms with E-state index in [0.717, 1.165) is 19.3 Å². The molecule has 0 aromatic carbocycles. The molecule has 0 spiro atoms. The lowest BCUT2D eigenvalue weighted by Gasteiger charge is -2.25. The quantitative estimate of drug-likeness (QED) is 0.681. The Morgan fingerprint density at radius 1 is 1.10 bits per heavy atom. The van der Waals surface area contributed by atoms with Crippen LogP contribution in [0.15, 0.2) is 69.9 Å². The molecule has 2 heteroatoms. The maximum absolute atomic E-state index is 4.95. The lowest BCUT2D eigenvalue weighted by Crippen LogP contribution is -2.26. The van der Waals surface area contributed by atoms with E-state index >= 15 is 0 Å². The molecular weight excluding hydrogens is 274 g/mol. The molecular formula is C19H21NS. The van der Waals surface area contributed by atoms with Crippen LogP contribution in [0.3, 0.4) is 0 Å². The molecule has 3 unspecified atom stereocenters. The van der Waals surface area contributed by atoms with E-state index in [0.29, 0.717) is 17.9 Å². The highest BCUT2D eigenvalue weighted by Gasteiger charge is 2.36. The normalized spacial score (nSPS) is 33.8.